The second-order valence-electron chi connectivity index (χ2n) is 5.60. The lowest BCUT2D eigenvalue weighted by Gasteiger charge is -2.29. The van der Waals surface area contributed by atoms with E-state index in [-0.39, 0.29) is 37.2 Å². The van der Waals surface area contributed by atoms with Gasteiger partial charge >= 0.3 is 12.0 Å². The summed E-state index contributed by atoms with van der Waals surface area (Å²) in [4.78, 5) is 24.4. The largest absolute Gasteiger partial charge is 0.481 e. The minimum Gasteiger partial charge on any atom is -0.481 e. The number of carboxylic acids is 1. The molecule has 19 heavy (non-hydrogen) atoms. The molecule has 0 aromatic rings. The van der Waals surface area contributed by atoms with Gasteiger partial charge in [0.25, 0.3) is 0 Å². The van der Waals surface area contributed by atoms with Crippen molar-refractivity contribution in [2.75, 3.05) is 6.54 Å². The average molecular weight is 270 g/mol. The Balaban J connectivity index is 1.86. The van der Waals surface area contributed by atoms with Crippen LogP contribution in [0.25, 0.3) is 0 Å². The fraction of sp³-hybridized carbons (Fsp3) is 0.846. The Labute approximate surface area is 113 Å². The quantitative estimate of drug-likeness (QED) is 0.787. The van der Waals surface area contributed by atoms with Crippen molar-refractivity contribution in [1.29, 1.82) is 0 Å². The van der Waals surface area contributed by atoms with Crippen LogP contribution in [0, 0.1) is 0 Å². The molecule has 0 spiro atoms. The van der Waals surface area contributed by atoms with Gasteiger partial charge in [-0.15, -0.1) is 0 Å². The topological polar surface area (TPSA) is 78.9 Å². The summed E-state index contributed by atoms with van der Waals surface area (Å²) < 4.78 is 5.70. The molecule has 2 aliphatic rings. The Hall–Kier alpha value is -1.30. The second-order valence-corrected chi connectivity index (χ2v) is 5.60. The molecule has 3 atom stereocenters. The van der Waals surface area contributed by atoms with Gasteiger partial charge < -0.3 is 20.1 Å². The fourth-order valence-corrected chi connectivity index (χ4v) is 2.84. The highest BCUT2D eigenvalue weighted by Gasteiger charge is 2.41. The number of carboxylic acid groups (broad SMARTS) is 1. The molecule has 0 aromatic carbocycles. The van der Waals surface area contributed by atoms with E-state index in [1.807, 2.05) is 13.8 Å². The summed E-state index contributed by atoms with van der Waals surface area (Å²) >= 11 is 0. The van der Waals surface area contributed by atoms with E-state index in [0.29, 0.717) is 6.10 Å². The number of ether oxygens (including phenoxy) is 1. The Bertz CT molecular complexity index is 359. The lowest BCUT2D eigenvalue weighted by Crippen LogP contribution is -2.50. The van der Waals surface area contributed by atoms with Gasteiger partial charge in [-0.05, 0) is 33.1 Å². The average Bonchev–Trinajstić information content (AvgIpc) is 2.89. The van der Waals surface area contributed by atoms with Crippen molar-refractivity contribution in [2.24, 2.45) is 0 Å². The molecule has 2 amide bonds. The van der Waals surface area contributed by atoms with E-state index in [2.05, 4.69) is 5.32 Å². The van der Waals surface area contributed by atoms with Crippen molar-refractivity contribution < 1.29 is 19.4 Å². The van der Waals surface area contributed by atoms with Crippen LogP contribution < -0.4 is 5.32 Å². The summed E-state index contributed by atoms with van der Waals surface area (Å²) in [6.07, 6.45) is 3.38. The van der Waals surface area contributed by atoms with Gasteiger partial charge in [-0.3, -0.25) is 4.79 Å². The van der Waals surface area contributed by atoms with E-state index < -0.39 is 5.97 Å². The summed E-state index contributed by atoms with van der Waals surface area (Å²) in [5.74, 6) is -0.887. The fourth-order valence-electron chi connectivity index (χ4n) is 2.84. The number of fused-ring (bicyclic) bond motifs is 2. The predicted octanol–water partition coefficient (Wildman–Crippen LogP) is 1.20. The van der Waals surface area contributed by atoms with Gasteiger partial charge in [0.2, 0.25) is 0 Å². The summed E-state index contributed by atoms with van der Waals surface area (Å²) in [5, 5.41) is 11.7. The maximum absolute atomic E-state index is 12.2. The van der Waals surface area contributed by atoms with E-state index in [1.165, 1.54) is 0 Å². The highest BCUT2D eigenvalue weighted by atomic mass is 16.5. The zero-order valence-corrected chi connectivity index (χ0v) is 11.5. The van der Waals surface area contributed by atoms with Gasteiger partial charge in [-0.1, -0.05) is 0 Å². The highest BCUT2D eigenvalue weighted by molar-refractivity contribution is 5.76. The summed E-state index contributed by atoms with van der Waals surface area (Å²) in [6.45, 7) is 4.01. The van der Waals surface area contributed by atoms with Gasteiger partial charge in [0.05, 0.1) is 24.7 Å². The van der Waals surface area contributed by atoms with Gasteiger partial charge in [-0.2, -0.15) is 0 Å². The maximum atomic E-state index is 12.2. The molecule has 6 heteroatoms. The van der Waals surface area contributed by atoms with E-state index >= 15 is 0 Å². The van der Waals surface area contributed by atoms with E-state index in [0.717, 1.165) is 19.3 Å². The first-order valence-electron chi connectivity index (χ1n) is 6.91. The Kier molecular flexibility index (Phi) is 4.29. The molecule has 0 saturated carbocycles. The van der Waals surface area contributed by atoms with Crippen molar-refractivity contribution >= 4 is 12.0 Å². The third kappa shape index (κ3) is 3.37. The number of amides is 2. The monoisotopic (exact) mass is 270 g/mol. The first-order valence-corrected chi connectivity index (χ1v) is 6.91. The van der Waals surface area contributed by atoms with Crippen LogP contribution in [0.5, 0.6) is 0 Å². The normalized spacial score (nSPS) is 28.7. The SMILES string of the molecule is CC(C)N(CCC(=O)O)C(=O)NC1CC2CCC1O2. The molecule has 2 rings (SSSR count). The van der Waals surface area contributed by atoms with Crippen molar-refractivity contribution in [1.82, 2.24) is 10.2 Å². The zero-order valence-electron chi connectivity index (χ0n) is 11.5. The van der Waals surface area contributed by atoms with Crippen LogP contribution in [0.15, 0.2) is 0 Å². The molecule has 2 saturated heterocycles. The Morgan fingerprint density at radius 1 is 1.42 bits per heavy atom. The molecule has 2 bridgehead atoms. The second kappa shape index (κ2) is 5.77. The van der Waals surface area contributed by atoms with Gasteiger partial charge in [0.1, 0.15) is 0 Å². The van der Waals surface area contributed by atoms with Crippen LogP contribution in [0.2, 0.25) is 0 Å². The number of nitrogens with zero attached hydrogens (tertiary/aromatic N) is 1. The molecular weight excluding hydrogens is 248 g/mol. The first kappa shape index (κ1) is 14.1. The van der Waals surface area contributed by atoms with E-state index in [1.54, 1.807) is 4.90 Å². The molecule has 2 heterocycles. The molecule has 2 aliphatic heterocycles. The number of nitrogens with one attached hydrogen (secondary N) is 1. The van der Waals surface area contributed by atoms with Crippen molar-refractivity contribution in [3.8, 4) is 0 Å². The standard InChI is InChI=1S/C13H22N2O4/c1-8(2)15(6-5-12(16)17)13(18)14-10-7-9-3-4-11(10)19-9/h8-11H,3-7H2,1-2H3,(H,14,18)(H,16,17). The van der Waals surface area contributed by atoms with Crippen LogP contribution in [-0.2, 0) is 9.53 Å². The minimum atomic E-state index is -0.887. The number of urea groups is 1. The molecule has 2 N–H and O–H groups in total. The molecule has 3 unspecified atom stereocenters. The lowest BCUT2D eigenvalue weighted by atomic mass is 9.96. The van der Waals surface area contributed by atoms with Crippen LogP contribution in [0.3, 0.4) is 0 Å². The molecule has 6 nitrogen and oxygen atoms in total. The van der Waals surface area contributed by atoms with Gasteiger partial charge in [-0.25, -0.2) is 4.79 Å². The molecule has 2 fully saturated rings. The van der Waals surface area contributed by atoms with Gasteiger partial charge in [0, 0.05) is 12.6 Å². The Morgan fingerprint density at radius 3 is 2.63 bits per heavy atom. The van der Waals surface area contributed by atoms with E-state index in [4.69, 9.17) is 9.84 Å². The van der Waals surface area contributed by atoms with Gasteiger partial charge in [0.15, 0.2) is 0 Å². The maximum Gasteiger partial charge on any atom is 0.317 e. The molecule has 0 aromatic heterocycles. The first-order chi connectivity index (χ1) is 8.97. The number of aliphatic carboxylic acids is 1. The van der Waals surface area contributed by atoms with Crippen LogP contribution in [-0.4, -0.2) is 52.8 Å². The number of hydrogen-bond acceptors (Lipinski definition) is 3. The minimum absolute atomic E-state index is 0.0149. The molecule has 0 aliphatic carbocycles. The zero-order chi connectivity index (χ0) is 14.0. The number of hydrogen-bond donors (Lipinski definition) is 2. The number of rotatable bonds is 5. The third-order valence-electron chi connectivity index (χ3n) is 3.87. The predicted molar refractivity (Wildman–Crippen MR) is 68.9 cm³/mol. The molecule has 108 valence electrons. The number of carbonyl (C=O) groups is 2. The number of carbonyl (C=O) groups excluding carboxylic acids is 1. The van der Waals surface area contributed by atoms with E-state index in [9.17, 15) is 9.59 Å². The van der Waals surface area contributed by atoms with Crippen LogP contribution in [0.4, 0.5) is 4.79 Å². The summed E-state index contributed by atoms with van der Waals surface area (Å²) in [7, 11) is 0. The third-order valence-corrected chi connectivity index (χ3v) is 3.87. The van der Waals surface area contributed by atoms with Crippen molar-refractivity contribution in [2.45, 2.75) is 63.8 Å². The summed E-state index contributed by atoms with van der Waals surface area (Å²) in [6, 6.07) is -0.117. The van der Waals surface area contributed by atoms with Crippen molar-refractivity contribution in [3.63, 3.8) is 0 Å². The van der Waals surface area contributed by atoms with Crippen molar-refractivity contribution in [3.05, 3.63) is 0 Å². The lowest BCUT2D eigenvalue weighted by molar-refractivity contribution is -0.137. The van der Waals surface area contributed by atoms with Crippen LogP contribution >= 0.6 is 0 Å². The molecule has 0 radical (unpaired) electrons. The summed E-state index contributed by atoms with van der Waals surface area (Å²) in [5.41, 5.74) is 0. The smallest absolute Gasteiger partial charge is 0.317 e. The van der Waals surface area contributed by atoms with Crippen LogP contribution in [0.1, 0.15) is 39.5 Å². The highest BCUT2D eigenvalue weighted by Crippen LogP contribution is 2.34. The Morgan fingerprint density at radius 2 is 2.16 bits per heavy atom. The molecular formula is C13H22N2O4.